The summed E-state index contributed by atoms with van der Waals surface area (Å²) in [5.41, 5.74) is 3.59. The van der Waals surface area contributed by atoms with Gasteiger partial charge in [0.25, 0.3) is 0 Å². The Balaban J connectivity index is 1.53. The molecule has 0 fully saturated rings. The number of aryl methyl sites for hydroxylation is 1. The molecule has 4 nitrogen and oxygen atoms in total. The second-order valence-electron chi connectivity index (χ2n) is 5.40. The van der Waals surface area contributed by atoms with Gasteiger partial charge in [-0.15, -0.1) is 0 Å². The first-order chi connectivity index (χ1) is 11.1. The molecule has 1 amide bonds. The summed E-state index contributed by atoms with van der Waals surface area (Å²) in [5, 5.41) is 3.54. The van der Waals surface area contributed by atoms with Gasteiger partial charge in [0.1, 0.15) is 5.52 Å². The number of hydrogen-bond donors (Lipinski definition) is 1. The highest BCUT2D eigenvalue weighted by molar-refractivity contribution is 6.31. The van der Waals surface area contributed by atoms with E-state index in [2.05, 4.69) is 10.3 Å². The number of halogens is 1. The van der Waals surface area contributed by atoms with Crippen LogP contribution >= 0.6 is 11.6 Å². The fourth-order valence-corrected chi connectivity index (χ4v) is 2.67. The van der Waals surface area contributed by atoms with E-state index in [9.17, 15) is 4.79 Å². The summed E-state index contributed by atoms with van der Waals surface area (Å²) in [6.45, 7) is 2.40. The van der Waals surface area contributed by atoms with Gasteiger partial charge < -0.3 is 9.73 Å². The van der Waals surface area contributed by atoms with Gasteiger partial charge >= 0.3 is 0 Å². The summed E-state index contributed by atoms with van der Waals surface area (Å²) >= 11 is 6.06. The lowest BCUT2D eigenvalue weighted by Crippen LogP contribution is -2.27. The van der Waals surface area contributed by atoms with Gasteiger partial charge in [-0.2, -0.15) is 0 Å². The van der Waals surface area contributed by atoms with Crippen molar-refractivity contribution in [2.45, 2.75) is 19.8 Å². The molecule has 1 aromatic heterocycles. The highest BCUT2D eigenvalue weighted by Crippen LogP contribution is 2.17. The Bertz CT molecular complexity index is 842. The van der Waals surface area contributed by atoms with Crippen LogP contribution in [0.5, 0.6) is 0 Å². The van der Waals surface area contributed by atoms with Gasteiger partial charge in [-0.25, -0.2) is 4.98 Å². The second kappa shape index (κ2) is 6.84. The number of oxazole rings is 1. The first-order valence-corrected chi connectivity index (χ1v) is 7.86. The minimum Gasteiger partial charge on any atom is -0.441 e. The van der Waals surface area contributed by atoms with Crippen LogP contribution < -0.4 is 5.32 Å². The third-order valence-electron chi connectivity index (χ3n) is 3.60. The molecule has 0 saturated heterocycles. The number of carbonyl (C=O) groups is 1. The molecule has 1 N–H and O–H groups in total. The third-order valence-corrected chi connectivity index (χ3v) is 3.97. The minimum absolute atomic E-state index is 0.0311. The van der Waals surface area contributed by atoms with Crippen molar-refractivity contribution in [3.8, 4) is 0 Å². The van der Waals surface area contributed by atoms with Gasteiger partial charge in [0.15, 0.2) is 11.5 Å². The summed E-state index contributed by atoms with van der Waals surface area (Å²) in [4.78, 5) is 16.3. The van der Waals surface area contributed by atoms with E-state index in [1.807, 2.05) is 43.3 Å². The lowest BCUT2D eigenvalue weighted by Gasteiger charge is -2.06. The number of aromatic nitrogens is 1. The molecule has 0 aliphatic carbocycles. The molecule has 3 rings (SSSR count). The smallest absolute Gasteiger partial charge is 0.224 e. The molecular weight excluding hydrogens is 312 g/mol. The molecule has 0 radical (unpaired) electrons. The number of nitrogens with zero attached hydrogens (tertiary/aromatic N) is 1. The zero-order chi connectivity index (χ0) is 16.2. The number of nitrogens with one attached hydrogen (secondary N) is 1. The highest BCUT2D eigenvalue weighted by Gasteiger charge is 2.07. The van der Waals surface area contributed by atoms with E-state index in [1.165, 1.54) is 0 Å². The molecule has 0 bridgehead atoms. The van der Waals surface area contributed by atoms with Gasteiger partial charge in [-0.1, -0.05) is 35.9 Å². The topological polar surface area (TPSA) is 55.1 Å². The first kappa shape index (κ1) is 15.6. The summed E-state index contributed by atoms with van der Waals surface area (Å²) in [7, 11) is 0. The average Bonchev–Trinajstić information content (AvgIpc) is 2.89. The monoisotopic (exact) mass is 328 g/mol. The zero-order valence-electron chi connectivity index (χ0n) is 12.8. The predicted molar refractivity (Wildman–Crippen MR) is 90.6 cm³/mol. The van der Waals surface area contributed by atoms with E-state index >= 15 is 0 Å². The van der Waals surface area contributed by atoms with Crippen molar-refractivity contribution in [3.63, 3.8) is 0 Å². The molecule has 0 unspecified atom stereocenters. The highest BCUT2D eigenvalue weighted by atomic mass is 35.5. The van der Waals surface area contributed by atoms with Gasteiger partial charge in [-0.3, -0.25) is 4.79 Å². The number of rotatable bonds is 5. The summed E-state index contributed by atoms with van der Waals surface area (Å²) < 4.78 is 5.45. The van der Waals surface area contributed by atoms with E-state index in [4.69, 9.17) is 16.0 Å². The van der Waals surface area contributed by atoms with E-state index in [1.54, 1.807) is 6.07 Å². The lowest BCUT2D eigenvalue weighted by molar-refractivity contribution is -0.120. The standard InChI is InChI=1S/C18H17ClN2O2/c1-12-21-16-10-13(6-7-17(16)23-12)8-9-20-18(22)11-14-4-2-3-5-15(14)19/h2-7,10H,8-9,11H2,1H3,(H,20,22). The van der Waals surface area contributed by atoms with E-state index < -0.39 is 0 Å². The molecule has 1 heterocycles. The number of hydrogen-bond acceptors (Lipinski definition) is 3. The Labute approximate surface area is 139 Å². The van der Waals surface area contributed by atoms with Crippen molar-refractivity contribution in [3.05, 3.63) is 64.5 Å². The normalized spacial score (nSPS) is 10.9. The van der Waals surface area contributed by atoms with E-state index in [0.29, 0.717) is 23.9 Å². The molecule has 0 atom stereocenters. The van der Waals surface area contributed by atoms with Crippen molar-refractivity contribution in [1.29, 1.82) is 0 Å². The largest absolute Gasteiger partial charge is 0.441 e. The molecule has 23 heavy (non-hydrogen) atoms. The Morgan fingerprint density at radius 3 is 2.91 bits per heavy atom. The molecule has 5 heteroatoms. The SMILES string of the molecule is Cc1nc2cc(CCNC(=O)Cc3ccccc3Cl)ccc2o1. The molecule has 2 aromatic carbocycles. The van der Waals surface area contributed by atoms with Crippen molar-refractivity contribution < 1.29 is 9.21 Å². The number of amides is 1. The average molecular weight is 329 g/mol. The van der Waals surface area contributed by atoms with Crippen LogP contribution in [0.1, 0.15) is 17.0 Å². The Morgan fingerprint density at radius 2 is 2.09 bits per heavy atom. The van der Waals surface area contributed by atoms with Gasteiger partial charge in [0.2, 0.25) is 5.91 Å². The van der Waals surface area contributed by atoms with E-state index in [-0.39, 0.29) is 5.91 Å². The minimum atomic E-state index is -0.0311. The van der Waals surface area contributed by atoms with Crippen LogP contribution in [0.2, 0.25) is 5.02 Å². The van der Waals surface area contributed by atoms with Crippen LogP contribution in [0, 0.1) is 6.92 Å². The zero-order valence-corrected chi connectivity index (χ0v) is 13.6. The van der Waals surface area contributed by atoms with Crippen molar-refractivity contribution in [2.24, 2.45) is 0 Å². The van der Waals surface area contributed by atoms with Crippen molar-refractivity contribution >= 4 is 28.6 Å². The maximum Gasteiger partial charge on any atom is 0.224 e. The van der Waals surface area contributed by atoms with Gasteiger partial charge in [0, 0.05) is 18.5 Å². The second-order valence-corrected chi connectivity index (χ2v) is 5.81. The fraction of sp³-hybridized carbons (Fsp3) is 0.222. The van der Waals surface area contributed by atoms with Crippen LogP contribution in [-0.4, -0.2) is 17.4 Å². The Morgan fingerprint density at radius 1 is 1.26 bits per heavy atom. The number of fused-ring (bicyclic) bond motifs is 1. The predicted octanol–water partition coefficient (Wildman–Crippen LogP) is 3.69. The molecule has 3 aromatic rings. The molecule has 0 saturated carbocycles. The lowest BCUT2D eigenvalue weighted by atomic mass is 10.1. The van der Waals surface area contributed by atoms with Gasteiger partial charge in [-0.05, 0) is 35.7 Å². The van der Waals surface area contributed by atoms with Crippen molar-refractivity contribution in [1.82, 2.24) is 10.3 Å². The molecule has 0 spiro atoms. The van der Waals surface area contributed by atoms with Crippen LogP contribution in [0.4, 0.5) is 0 Å². The summed E-state index contributed by atoms with van der Waals surface area (Å²) in [6.07, 6.45) is 1.04. The van der Waals surface area contributed by atoms with Gasteiger partial charge in [0.05, 0.1) is 6.42 Å². The summed E-state index contributed by atoms with van der Waals surface area (Å²) in [5.74, 6) is 0.627. The molecule has 118 valence electrons. The quantitative estimate of drug-likeness (QED) is 0.777. The van der Waals surface area contributed by atoms with Crippen LogP contribution in [-0.2, 0) is 17.6 Å². The first-order valence-electron chi connectivity index (χ1n) is 7.48. The van der Waals surface area contributed by atoms with E-state index in [0.717, 1.165) is 28.6 Å². The molecule has 0 aliphatic rings. The third kappa shape index (κ3) is 3.90. The van der Waals surface area contributed by atoms with Crippen LogP contribution in [0.25, 0.3) is 11.1 Å². The number of carbonyl (C=O) groups excluding carboxylic acids is 1. The molecule has 0 aliphatic heterocycles. The van der Waals surface area contributed by atoms with Crippen LogP contribution in [0.3, 0.4) is 0 Å². The van der Waals surface area contributed by atoms with Crippen LogP contribution in [0.15, 0.2) is 46.9 Å². The fourth-order valence-electron chi connectivity index (χ4n) is 2.47. The maximum atomic E-state index is 12.0. The van der Waals surface area contributed by atoms with Crippen molar-refractivity contribution in [2.75, 3.05) is 6.54 Å². The Hall–Kier alpha value is -2.33. The number of benzene rings is 2. The molecular formula is C18H17ClN2O2. The Kier molecular flexibility index (Phi) is 4.63. The maximum absolute atomic E-state index is 12.0. The summed E-state index contributed by atoms with van der Waals surface area (Å²) in [6, 6.07) is 13.3.